The summed E-state index contributed by atoms with van der Waals surface area (Å²) >= 11 is 0. The zero-order valence-electron chi connectivity index (χ0n) is 13.0. The molecule has 5 nitrogen and oxygen atoms in total. The first-order valence-electron chi connectivity index (χ1n) is 7.87. The molecule has 21 heavy (non-hydrogen) atoms. The summed E-state index contributed by atoms with van der Waals surface area (Å²) in [6.45, 7) is 4.12. The molecule has 1 rings (SSSR count). The molecule has 1 heterocycles. The highest BCUT2D eigenvalue weighted by Crippen LogP contribution is 2.10. The summed E-state index contributed by atoms with van der Waals surface area (Å²) in [6.07, 6.45) is 10.6. The van der Waals surface area contributed by atoms with Crippen LogP contribution in [0.3, 0.4) is 0 Å². The normalized spacial score (nSPS) is 16.0. The molecule has 1 aliphatic heterocycles. The second-order valence-electron chi connectivity index (χ2n) is 5.34. The summed E-state index contributed by atoms with van der Waals surface area (Å²) in [7, 11) is 1.27. The monoisotopic (exact) mass is 297 g/mol. The Kier molecular flexibility index (Phi) is 9.53. The minimum atomic E-state index is -0.551. The lowest BCUT2D eigenvalue weighted by molar-refractivity contribution is -0.139. The predicted molar refractivity (Wildman–Crippen MR) is 80.9 cm³/mol. The van der Waals surface area contributed by atoms with Gasteiger partial charge < -0.3 is 14.4 Å². The van der Waals surface area contributed by atoms with Crippen LogP contribution in [0.25, 0.3) is 0 Å². The van der Waals surface area contributed by atoms with E-state index in [1.54, 1.807) is 0 Å². The van der Waals surface area contributed by atoms with Gasteiger partial charge in [0, 0.05) is 12.2 Å². The summed E-state index contributed by atoms with van der Waals surface area (Å²) < 4.78 is 9.37. The van der Waals surface area contributed by atoms with E-state index < -0.39 is 11.9 Å². The van der Waals surface area contributed by atoms with Gasteiger partial charge in [-0.05, 0) is 45.3 Å². The molecule has 0 N–H and O–H groups in total. The number of ether oxygens (including phenoxy) is 2. The summed E-state index contributed by atoms with van der Waals surface area (Å²) in [5.41, 5.74) is 0. The first-order valence-corrected chi connectivity index (χ1v) is 7.87. The van der Waals surface area contributed by atoms with E-state index in [4.69, 9.17) is 4.74 Å². The van der Waals surface area contributed by atoms with E-state index >= 15 is 0 Å². The molecular formula is C16H27NO4. The SMILES string of the molecule is COC(=O)/C=C/C(=O)OCCCCCCN1CCCCC1. The van der Waals surface area contributed by atoms with Crippen molar-refractivity contribution in [2.75, 3.05) is 33.4 Å². The van der Waals surface area contributed by atoms with Crippen molar-refractivity contribution < 1.29 is 19.1 Å². The predicted octanol–water partition coefficient (Wildman–Crippen LogP) is 2.31. The van der Waals surface area contributed by atoms with E-state index in [1.807, 2.05) is 0 Å². The number of nitrogens with zero attached hydrogens (tertiary/aromatic N) is 1. The van der Waals surface area contributed by atoms with Crippen LogP contribution < -0.4 is 0 Å². The largest absolute Gasteiger partial charge is 0.466 e. The molecule has 1 saturated heterocycles. The van der Waals surface area contributed by atoms with Crippen molar-refractivity contribution in [3.63, 3.8) is 0 Å². The van der Waals surface area contributed by atoms with Crippen LogP contribution in [0.5, 0.6) is 0 Å². The maximum atomic E-state index is 11.2. The van der Waals surface area contributed by atoms with Gasteiger partial charge in [-0.25, -0.2) is 9.59 Å². The van der Waals surface area contributed by atoms with E-state index in [-0.39, 0.29) is 0 Å². The Bertz CT molecular complexity index is 335. The van der Waals surface area contributed by atoms with Crippen LogP contribution in [0.2, 0.25) is 0 Å². The van der Waals surface area contributed by atoms with Crippen LogP contribution in [-0.4, -0.2) is 50.2 Å². The van der Waals surface area contributed by atoms with Crippen molar-refractivity contribution in [1.29, 1.82) is 0 Å². The van der Waals surface area contributed by atoms with Crippen molar-refractivity contribution in [2.24, 2.45) is 0 Å². The van der Waals surface area contributed by atoms with Gasteiger partial charge in [-0.3, -0.25) is 0 Å². The average Bonchev–Trinajstić information content (AvgIpc) is 2.52. The highest BCUT2D eigenvalue weighted by molar-refractivity contribution is 5.91. The first kappa shape index (κ1) is 17.7. The highest BCUT2D eigenvalue weighted by Gasteiger charge is 2.08. The van der Waals surface area contributed by atoms with Gasteiger partial charge >= 0.3 is 11.9 Å². The van der Waals surface area contributed by atoms with Crippen molar-refractivity contribution in [1.82, 2.24) is 4.90 Å². The van der Waals surface area contributed by atoms with Gasteiger partial charge in [-0.1, -0.05) is 19.3 Å². The Morgan fingerprint density at radius 3 is 2.33 bits per heavy atom. The second kappa shape index (κ2) is 11.3. The molecule has 0 aliphatic carbocycles. The average molecular weight is 297 g/mol. The summed E-state index contributed by atoms with van der Waals surface area (Å²) in [5.74, 6) is -1.04. The van der Waals surface area contributed by atoms with Gasteiger partial charge in [-0.2, -0.15) is 0 Å². The third-order valence-electron chi connectivity index (χ3n) is 3.62. The molecule has 0 atom stereocenters. The molecule has 0 aromatic heterocycles. The molecule has 0 unspecified atom stereocenters. The molecule has 0 saturated carbocycles. The Hall–Kier alpha value is -1.36. The zero-order valence-corrected chi connectivity index (χ0v) is 13.0. The number of rotatable bonds is 9. The fourth-order valence-electron chi connectivity index (χ4n) is 2.40. The van der Waals surface area contributed by atoms with Crippen LogP contribution in [0.1, 0.15) is 44.9 Å². The molecule has 0 bridgehead atoms. The van der Waals surface area contributed by atoms with Gasteiger partial charge in [0.1, 0.15) is 0 Å². The zero-order chi connectivity index (χ0) is 15.3. The highest BCUT2D eigenvalue weighted by atomic mass is 16.5. The Balaban J connectivity index is 1.91. The van der Waals surface area contributed by atoms with Crippen molar-refractivity contribution >= 4 is 11.9 Å². The van der Waals surface area contributed by atoms with Gasteiger partial charge in [0.25, 0.3) is 0 Å². The lowest BCUT2D eigenvalue weighted by atomic mass is 10.1. The van der Waals surface area contributed by atoms with E-state index in [1.165, 1.54) is 58.8 Å². The van der Waals surface area contributed by atoms with E-state index in [2.05, 4.69) is 9.64 Å². The minimum Gasteiger partial charge on any atom is -0.466 e. The fraction of sp³-hybridized carbons (Fsp3) is 0.750. The Labute approximate surface area is 127 Å². The van der Waals surface area contributed by atoms with Gasteiger partial charge in [0.05, 0.1) is 13.7 Å². The van der Waals surface area contributed by atoms with Crippen molar-refractivity contribution in [3.05, 3.63) is 12.2 Å². The minimum absolute atomic E-state index is 0.411. The van der Waals surface area contributed by atoms with Crippen LogP contribution in [0, 0.1) is 0 Å². The lowest BCUT2D eigenvalue weighted by Gasteiger charge is -2.26. The van der Waals surface area contributed by atoms with E-state index in [0.717, 1.165) is 25.0 Å². The lowest BCUT2D eigenvalue weighted by Crippen LogP contribution is -2.30. The molecule has 1 fully saturated rings. The molecule has 120 valence electrons. The summed E-state index contributed by atoms with van der Waals surface area (Å²) in [6, 6.07) is 0. The number of esters is 2. The van der Waals surface area contributed by atoms with Gasteiger partial charge in [0.15, 0.2) is 0 Å². The topological polar surface area (TPSA) is 55.8 Å². The maximum Gasteiger partial charge on any atom is 0.331 e. The van der Waals surface area contributed by atoms with Gasteiger partial charge in [0.2, 0.25) is 0 Å². The van der Waals surface area contributed by atoms with Crippen LogP contribution >= 0.6 is 0 Å². The van der Waals surface area contributed by atoms with Crippen LogP contribution in [0.4, 0.5) is 0 Å². The molecule has 5 heteroatoms. The summed E-state index contributed by atoms with van der Waals surface area (Å²) in [4.78, 5) is 24.6. The second-order valence-corrected chi connectivity index (χ2v) is 5.34. The molecular weight excluding hydrogens is 270 g/mol. The number of carbonyl (C=O) groups excluding carboxylic acids is 2. The number of likely N-dealkylation sites (tertiary alicyclic amines) is 1. The molecule has 0 spiro atoms. The molecule has 0 aromatic rings. The Morgan fingerprint density at radius 1 is 0.952 bits per heavy atom. The molecule has 0 radical (unpaired) electrons. The smallest absolute Gasteiger partial charge is 0.331 e. The van der Waals surface area contributed by atoms with Crippen molar-refractivity contribution in [3.8, 4) is 0 Å². The molecule has 1 aliphatic rings. The maximum absolute atomic E-state index is 11.2. The third kappa shape index (κ3) is 9.24. The van der Waals surface area contributed by atoms with E-state index in [9.17, 15) is 9.59 Å². The number of piperidine rings is 1. The number of methoxy groups -OCH3 is 1. The van der Waals surface area contributed by atoms with Crippen molar-refractivity contribution in [2.45, 2.75) is 44.9 Å². The number of hydrogen-bond donors (Lipinski definition) is 0. The number of hydrogen-bond acceptors (Lipinski definition) is 5. The number of carbonyl (C=O) groups is 2. The van der Waals surface area contributed by atoms with Gasteiger partial charge in [-0.15, -0.1) is 0 Å². The van der Waals surface area contributed by atoms with Crippen LogP contribution in [0.15, 0.2) is 12.2 Å². The van der Waals surface area contributed by atoms with Crippen LogP contribution in [-0.2, 0) is 19.1 Å². The quantitative estimate of drug-likeness (QED) is 0.371. The fourth-order valence-corrected chi connectivity index (χ4v) is 2.40. The molecule has 0 amide bonds. The molecule has 0 aromatic carbocycles. The van der Waals surface area contributed by atoms with E-state index in [0.29, 0.717) is 6.61 Å². The first-order chi connectivity index (χ1) is 10.2. The number of unbranched alkanes of at least 4 members (excludes halogenated alkanes) is 3. The Morgan fingerprint density at radius 2 is 1.62 bits per heavy atom. The summed E-state index contributed by atoms with van der Waals surface area (Å²) in [5, 5.41) is 0. The standard InChI is InChI=1S/C16H27NO4/c1-20-15(18)9-10-16(19)21-14-8-3-2-5-11-17-12-6-4-7-13-17/h9-10H,2-8,11-14H2,1H3/b10-9+. The third-order valence-corrected chi connectivity index (χ3v) is 3.62.